The number of benzene rings is 3. The molecule has 0 atom stereocenters. The van der Waals surface area contributed by atoms with Gasteiger partial charge in [0.1, 0.15) is 5.75 Å². The Labute approximate surface area is 289 Å². The second-order valence-corrected chi connectivity index (χ2v) is 12.9. The SMILES string of the molecule is O=C(c1cc(-c2ccccc2)nc(-c2ccccc2)c1)N1CCN(C2CCN(C(=O)c3ccc(Oc4cc(Cl)cc(Cl)c4)o3)CC2)CC1. The standard InChI is InChI=1S/C38H34Cl2N4O4/c39-29-23-30(40)25-32(24-29)47-36-12-11-35(48-36)38(46)43-15-13-31(14-16-43)42-17-19-44(20-18-42)37(45)28-21-33(26-7-3-1-4-8-26)41-34(22-28)27-9-5-2-6-10-27/h1-12,21-25,31H,13-20H2. The fraction of sp³-hybridized carbons (Fsp3) is 0.237. The molecule has 10 heteroatoms. The van der Waals surface area contributed by atoms with E-state index in [9.17, 15) is 9.59 Å². The van der Waals surface area contributed by atoms with Crippen LogP contribution in [-0.4, -0.2) is 76.8 Å². The predicted molar refractivity (Wildman–Crippen MR) is 187 cm³/mol. The number of amides is 2. The van der Waals surface area contributed by atoms with Crippen molar-refractivity contribution < 1.29 is 18.7 Å². The quantitative estimate of drug-likeness (QED) is 0.173. The van der Waals surface area contributed by atoms with Gasteiger partial charge in [0.15, 0.2) is 5.76 Å². The zero-order chi connectivity index (χ0) is 33.0. The lowest BCUT2D eigenvalue weighted by Crippen LogP contribution is -2.54. The largest absolute Gasteiger partial charge is 0.426 e. The molecule has 0 saturated carbocycles. The van der Waals surface area contributed by atoms with Gasteiger partial charge in [-0.15, -0.1) is 0 Å². The van der Waals surface area contributed by atoms with Crippen LogP contribution in [0.3, 0.4) is 0 Å². The van der Waals surface area contributed by atoms with Crippen LogP contribution in [0, 0.1) is 0 Å². The summed E-state index contributed by atoms with van der Waals surface area (Å²) in [6.07, 6.45) is 1.71. The highest BCUT2D eigenvalue weighted by Crippen LogP contribution is 2.31. The van der Waals surface area contributed by atoms with E-state index < -0.39 is 0 Å². The maximum Gasteiger partial charge on any atom is 0.290 e. The smallest absolute Gasteiger partial charge is 0.290 e. The summed E-state index contributed by atoms with van der Waals surface area (Å²) in [5, 5.41) is 0.889. The van der Waals surface area contributed by atoms with Gasteiger partial charge in [0, 0.05) is 78.1 Å². The van der Waals surface area contributed by atoms with Gasteiger partial charge in [-0.25, -0.2) is 4.98 Å². The Balaban J connectivity index is 0.947. The summed E-state index contributed by atoms with van der Waals surface area (Å²) in [5.74, 6) is 0.708. The summed E-state index contributed by atoms with van der Waals surface area (Å²) in [5.41, 5.74) is 4.16. The van der Waals surface area contributed by atoms with Crippen molar-refractivity contribution in [1.82, 2.24) is 19.7 Å². The Hall–Kier alpha value is -4.63. The van der Waals surface area contributed by atoms with E-state index in [-0.39, 0.29) is 23.5 Å². The fourth-order valence-corrected chi connectivity index (χ4v) is 6.93. The Bertz CT molecular complexity index is 1820. The third-order valence-corrected chi connectivity index (χ3v) is 9.36. The van der Waals surface area contributed by atoms with Crippen LogP contribution < -0.4 is 4.74 Å². The first-order valence-corrected chi connectivity index (χ1v) is 16.8. The van der Waals surface area contributed by atoms with E-state index in [4.69, 9.17) is 37.3 Å². The van der Waals surface area contributed by atoms with Crippen molar-refractivity contribution in [3.63, 3.8) is 0 Å². The minimum Gasteiger partial charge on any atom is -0.426 e. The first-order chi connectivity index (χ1) is 23.4. The van der Waals surface area contributed by atoms with Crippen molar-refractivity contribution in [2.75, 3.05) is 39.3 Å². The minimum absolute atomic E-state index is 0.0204. The van der Waals surface area contributed by atoms with E-state index in [1.807, 2.05) is 82.6 Å². The number of rotatable bonds is 7. The zero-order valence-electron chi connectivity index (χ0n) is 26.2. The molecule has 2 aliphatic heterocycles. The monoisotopic (exact) mass is 680 g/mol. The Kier molecular flexibility index (Phi) is 9.47. The lowest BCUT2D eigenvalue weighted by molar-refractivity contribution is 0.0400. The van der Waals surface area contributed by atoms with Crippen LogP contribution in [0.15, 0.2) is 108 Å². The van der Waals surface area contributed by atoms with Gasteiger partial charge in [0.2, 0.25) is 0 Å². The molecule has 5 aromatic rings. The summed E-state index contributed by atoms with van der Waals surface area (Å²) in [4.78, 5) is 38.2. The van der Waals surface area contributed by atoms with Crippen molar-refractivity contribution in [3.8, 4) is 34.2 Å². The molecule has 2 aliphatic rings. The Morgan fingerprint density at radius 2 is 1.23 bits per heavy atom. The molecule has 0 aliphatic carbocycles. The van der Waals surface area contributed by atoms with Gasteiger partial charge in [-0.2, -0.15) is 0 Å². The maximum atomic E-state index is 13.8. The number of hydrogen-bond donors (Lipinski definition) is 0. The second kappa shape index (κ2) is 14.2. The summed E-state index contributed by atoms with van der Waals surface area (Å²) < 4.78 is 11.4. The molecule has 0 N–H and O–H groups in total. The molecular weight excluding hydrogens is 647 g/mol. The van der Waals surface area contributed by atoms with Crippen molar-refractivity contribution in [2.45, 2.75) is 18.9 Å². The number of halogens is 2. The second-order valence-electron chi connectivity index (χ2n) is 12.0. The topological polar surface area (TPSA) is 79.1 Å². The predicted octanol–water partition coefficient (Wildman–Crippen LogP) is 8.17. The number of piperazine rings is 1. The van der Waals surface area contributed by atoms with E-state index in [1.54, 1.807) is 30.3 Å². The van der Waals surface area contributed by atoms with E-state index in [1.165, 1.54) is 0 Å². The van der Waals surface area contributed by atoms with Crippen molar-refractivity contribution in [1.29, 1.82) is 0 Å². The third-order valence-electron chi connectivity index (χ3n) is 8.93. The minimum atomic E-state index is -0.162. The summed E-state index contributed by atoms with van der Waals surface area (Å²) in [6.45, 7) is 4.14. The van der Waals surface area contributed by atoms with E-state index >= 15 is 0 Å². The van der Waals surface area contributed by atoms with Crippen LogP contribution in [0.2, 0.25) is 10.0 Å². The van der Waals surface area contributed by atoms with E-state index in [0.717, 1.165) is 48.4 Å². The molecule has 2 saturated heterocycles. The first-order valence-electron chi connectivity index (χ1n) is 16.1. The number of carbonyl (C=O) groups is 2. The van der Waals surface area contributed by atoms with Gasteiger partial charge in [-0.1, -0.05) is 83.9 Å². The highest BCUT2D eigenvalue weighted by Gasteiger charge is 2.32. The van der Waals surface area contributed by atoms with Crippen LogP contribution in [0.4, 0.5) is 0 Å². The third kappa shape index (κ3) is 7.26. The summed E-state index contributed by atoms with van der Waals surface area (Å²) in [6, 6.07) is 32.2. The van der Waals surface area contributed by atoms with E-state index in [2.05, 4.69) is 4.90 Å². The van der Waals surface area contributed by atoms with Crippen LogP contribution in [0.5, 0.6) is 11.7 Å². The number of hydrogen-bond acceptors (Lipinski definition) is 6. The highest BCUT2D eigenvalue weighted by atomic mass is 35.5. The molecule has 2 amide bonds. The number of nitrogens with zero attached hydrogens (tertiary/aromatic N) is 4. The van der Waals surface area contributed by atoms with Gasteiger partial charge in [0.05, 0.1) is 11.4 Å². The first kappa shape index (κ1) is 31.9. The number of aromatic nitrogens is 1. The molecule has 0 radical (unpaired) electrons. The fourth-order valence-electron chi connectivity index (χ4n) is 6.42. The Morgan fingerprint density at radius 3 is 1.81 bits per heavy atom. The Morgan fingerprint density at radius 1 is 0.667 bits per heavy atom. The summed E-state index contributed by atoms with van der Waals surface area (Å²) >= 11 is 12.1. The lowest BCUT2D eigenvalue weighted by atomic mass is 10.0. The van der Waals surface area contributed by atoms with Gasteiger partial charge >= 0.3 is 0 Å². The van der Waals surface area contributed by atoms with Gasteiger partial charge in [0.25, 0.3) is 17.8 Å². The van der Waals surface area contributed by atoms with Gasteiger partial charge < -0.3 is 19.0 Å². The molecule has 3 aromatic carbocycles. The molecule has 8 nitrogen and oxygen atoms in total. The van der Waals surface area contributed by atoms with Crippen molar-refractivity contribution >= 4 is 35.0 Å². The molecule has 0 bridgehead atoms. The lowest BCUT2D eigenvalue weighted by Gasteiger charge is -2.42. The molecule has 2 fully saturated rings. The summed E-state index contributed by atoms with van der Waals surface area (Å²) in [7, 11) is 0. The number of pyridine rings is 1. The molecule has 0 spiro atoms. The molecular formula is C38H34Cl2N4O4. The number of ether oxygens (including phenoxy) is 1. The number of piperidine rings is 1. The van der Waals surface area contributed by atoms with E-state index in [0.29, 0.717) is 53.6 Å². The molecule has 2 aromatic heterocycles. The van der Waals surface area contributed by atoms with Crippen LogP contribution in [0.1, 0.15) is 33.8 Å². The van der Waals surface area contributed by atoms with Crippen molar-refractivity contribution in [2.24, 2.45) is 0 Å². The number of carbonyl (C=O) groups excluding carboxylic acids is 2. The average Bonchev–Trinajstić information content (AvgIpc) is 3.59. The molecule has 244 valence electrons. The van der Waals surface area contributed by atoms with Crippen LogP contribution in [0.25, 0.3) is 22.5 Å². The molecule has 4 heterocycles. The zero-order valence-corrected chi connectivity index (χ0v) is 27.7. The molecule has 0 unspecified atom stereocenters. The van der Waals surface area contributed by atoms with Crippen LogP contribution in [-0.2, 0) is 0 Å². The van der Waals surface area contributed by atoms with Gasteiger partial charge in [-0.05, 0) is 49.2 Å². The highest BCUT2D eigenvalue weighted by molar-refractivity contribution is 6.34. The van der Waals surface area contributed by atoms with Crippen LogP contribution >= 0.6 is 23.2 Å². The maximum absolute atomic E-state index is 13.8. The molecule has 7 rings (SSSR count). The normalized spacial score (nSPS) is 15.8. The molecule has 48 heavy (non-hydrogen) atoms. The number of likely N-dealkylation sites (tertiary alicyclic amines) is 1. The number of furan rings is 1. The van der Waals surface area contributed by atoms with Gasteiger partial charge in [-0.3, -0.25) is 14.5 Å². The van der Waals surface area contributed by atoms with Crippen molar-refractivity contribution in [3.05, 3.63) is 124 Å². The average molecular weight is 682 g/mol.